The van der Waals surface area contributed by atoms with Gasteiger partial charge in [0.25, 0.3) is 5.91 Å². The Morgan fingerprint density at radius 1 is 1.13 bits per heavy atom. The summed E-state index contributed by atoms with van der Waals surface area (Å²) in [6.07, 6.45) is 4.88. The fourth-order valence-corrected chi connectivity index (χ4v) is 3.83. The topological polar surface area (TPSA) is 105 Å². The van der Waals surface area contributed by atoms with Crippen molar-refractivity contribution in [3.8, 4) is 6.01 Å². The lowest BCUT2D eigenvalue weighted by Crippen LogP contribution is -2.54. The number of anilines is 2. The number of fused-ring (bicyclic) bond motifs is 1. The number of nitrogens with one attached hydrogen (secondary N) is 2. The minimum absolute atomic E-state index is 0.217. The second kappa shape index (κ2) is 8.19. The number of rotatable bonds is 4. The number of benzene rings is 1. The fraction of sp³-hybridized carbons (Fsp3) is 0.381. The summed E-state index contributed by atoms with van der Waals surface area (Å²) in [4.78, 5) is 32.3. The van der Waals surface area contributed by atoms with Crippen molar-refractivity contribution in [3.63, 3.8) is 0 Å². The molecule has 30 heavy (non-hydrogen) atoms. The summed E-state index contributed by atoms with van der Waals surface area (Å²) in [5, 5.41) is 7.19. The van der Waals surface area contributed by atoms with E-state index in [2.05, 4.69) is 49.3 Å². The van der Waals surface area contributed by atoms with Crippen molar-refractivity contribution in [2.24, 2.45) is 0 Å². The second-order valence-electron chi connectivity index (χ2n) is 7.60. The Morgan fingerprint density at radius 2 is 1.83 bits per heavy atom. The number of methoxy groups -OCH3 is 1. The molecule has 1 aliphatic rings. The van der Waals surface area contributed by atoms with Gasteiger partial charge in [-0.2, -0.15) is 4.98 Å². The minimum Gasteiger partial charge on any atom is -0.467 e. The largest absolute Gasteiger partial charge is 0.467 e. The van der Waals surface area contributed by atoms with Gasteiger partial charge in [-0.05, 0) is 32.9 Å². The van der Waals surface area contributed by atoms with Crippen LogP contribution in [0.5, 0.6) is 6.01 Å². The zero-order chi connectivity index (χ0) is 21.3. The zero-order valence-corrected chi connectivity index (χ0v) is 17.5. The molecule has 0 saturated carbocycles. The Hall–Kier alpha value is -3.33. The Bertz CT molecular complexity index is 1060. The van der Waals surface area contributed by atoms with Crippen molar-refractivity contribution in [1.29, 1.82) is 0 Å². The molecular weight excluding hydrogens is 382 g/mol. The average Bonchev–Trinajstić information content (AvgIpc) is 2.73. The molecule has 2 N–H and O–H groups in total. The van der Waals surface area contributed by atoms with E-state index in [0.29, 0.717) is 34.7 Å². The van der Waals surface area contributed by atoms with Crippen LogP contribution in [0.1, 0.15) is 30.0 Å². The Balaban J connectivity index is 1.75. The number of nitrogens with zero attached hydrogens (tertiary/aromatic N) is 5. The van der Waals surface area contributed by atoms with Crippen LogP contribution >= 0.6 is 0 Å². The summed E-state index contributed by atoms with van der Waals surface area (Å²) >= 11 is 0. The van der Waals surface area contributed by atoms with Gasteiger partial charge in [-0.15, -0.1) is 0 Å². The van der Waals surface area contributed by atoms with Gasteiger partial charge >= 0.3 is 6.01 Å². The van der Waals surface area contributed by atoms with Crippen molar-refractivity contribution in [1.82, 2.24) is 25.3 Å². The molecule has 9 nitrogen and oxygen atoms in total. The molecule has 1 amide bonds. The lowest BCUT2D eigenvalue weighted by Gasteiger charge is -2.38. The molecule has 0 radical (unpaired) electrons. The van der Waals surface area contributed by atoms with Crippen molar-refractivity contribution >= 4 is 28.2 Å². The zero-order valence-electron chi connectivity index (χ0n) is 17.5. The number of amides is 1. The maximum absolute atomic E-state index is 13.0. The molecular formula is C21H25N7O2. The van der Waals surface area contributed by atoms with E-state index in [9.17, 15) is 4.79 Å². The first-order chi connectivity index (χ1) is 14.4. The minimum atomic E-state index is -0.290. The van der Waals surface area contributed by atoms with Crippen LogP contribution in [0.3, 0.4) is 0 Å². The molecule has 156 valence electrons. The number of aromatic nitrogens is 4. The van der Waals surface area contributed by atoms with Crippen LogP contribution < -0.4 is 20.3 Å². The number of hydrogen-bond acceptors (Lipinski definition) is 8. The predicted molar refractivity (Wildman–Crippen MR) is 115 cm³/mol. The van der Waals surface area contributed by atoms with Crippen molar-refractivity contribution < 1.29 is 9.53 Å². The highest BCUT2D eigenvalue weighted by Gasteiger charge is 2.24. The molecule has 3 aromatic rings. The Kier molecular flexibility index (Phi) is 5.45. The SMILES string of the molecule is COc1ncc2c(N3CC(C)NC(C)C3)ccc(C(=O)Nc3cnc(C)nc3)c2n1. The van der Waals surface area contributed by atoms with Gasteiger partial charge in [0.15, 0.2) is 0 Å². The third-order valence-corrected chi connectivity index (χ3v) is 5.07. The van der Waals surface area contributed by atoms with Crippen LogP contribution in [0.25, 0.3) is 10.9 Å². The van der Waals surface area contributed by atoms with Gasteiger partial charge in [0.1, 0.15) is 5.82 Å². The first-order valence-electron chi connectivity index (χ1n) is 9.89. The lowest BCUT2D eigenvalue weighted by atomic mass is 10.0. The Morgan fingerprint density at radius 3 is 2.50 bits per heavy atom. The number of ether oxygens (including phenoxy) is 1. The molecule has 9 heteroatoms. The summed E-state index contributed by atoms with van der Waals surface area (Å²) in [6.45, 7) is 7.83. The maximum atomic E-state index is 13.0. The van der Waals surface area contributed by atoms with Crippen LogP contribution in [-0.4, -0.2) is 58.1 Å². The summed E-state index contributed by atoms with van der Waals surface area (Å²) in [6, 6.07) is 4.68. The molecule has 2 atom stereocenters. The summed E-state index contributed by atoms with van der Waals surface area (Å²) in [7, 11) is 1.51. The van der Waals surface area contributed by atoms with Gasteiger partial charge in [0, 0.05) is 42.4 Å². The first-order valence-corrected chi connectivity index (χ1v) is 9.89. The van der Waals surface area contributed by atoms with E-state index >= 15 is 0 Å². The molecule has 1 saturated heterocycles. The van der Waals surface area contributed by atoms with Crippen LogP contribution in [0, 0.1) is 6.92 Å². The van der Waals surface area contributed by atoms with Crippen LogP contribution in [0.15, 0.2) is 30.7 Å². The van der Waals surface area contributed by atoms with Crippen molar-refractivity contribution in [2.45, 2.75) is 32.9 Å². The number of carbonyl (C=O) groups excluding carboxylic acids is 1. The van der Waals surface area contributed by atoms with Gasteiger partial charge in [-0.1, -0.05) is 0 Å². The van der Waals surface area contributed by atoms with Crippen LogP contribution in [-0.2, 0) is 0 Å². The smallest absolute Gasteiger partial charge is 0.316 e. The van der Waals surface area contributed by atoms with Gasteiger partial charge < -0.3 is 20.3 Å². The van der Waals surface area contributed by atoms with E-state index in [1.165, 1.54) is 7.11 Å². The van der Waals surface area contributed by atoms with Crippen molar-refractivity contribution in [3.05, 3.63) is 42.1 Å². The molecule has 2 unspecified atom stereocenters. The van der Waals surface area contributed by atoms with Gasteiger partial charge in [0.05, 0.1) is 36.3 Å². The number of hydrogen-bond donors (Lipinski definition) is 2. The third-order valence-electron chi connectivity index (χ3n) is 5.07. The van der Waals surface area contributed by atoms with Crippen molar-refractivity contribution in [2.75, 3.05) is 30.4 Å². The predicted octanol–water partition coefficient (Wildman–Crippen LogP) is 2.18. The van der Waals surface area contributed by atoms with Gasteiger partial charge in [-0.25, -0.2) is 15.0 Å². The van der Waals surface area contributed by atoms with Gasteiger partial charge in [-0.3, -0.25) is 4.79 Å². The second-order valence-corrected chi connectivity index (χ2v) is 7.60. The molecule has 0 spiro atoms. The van der Waals surface area contributed by atoms with Crippen LogP contribution in [0.4, 0.5) is 11.4 Å². The molecule has 4 rings (SSSR count). The molecule has 2 aromatic heterocycles. The van der Waals surface area contributed by atoms with E-state index in [4.69, 9.17) is 4.74 Å². The summed E-state index contributed by atoms with van der Waals surface area (Å²) in [5.41, 5.74) is 2.51. The normalized spacial score (nSPS) is 19.0. The highest BCUT2D eigenvalue weighted by molar-refractivity contribution is 6.13. The highest BCUT2D eigenvalue weighted by atomic mass is 16.5. The first kappa shape index (κ1) is 20.0. The molecule has 0 bridgehead atoms. The van der Waals surface area contributed by atoms with E-state index in [-0.39, 0.29) is 11.9 Å². The van der Waals surface area contributed by atoms with Crippen LogP contribution in [0.2, 0.25) is 0 Å². The third kappa shape index (κ3) is 4.02. The number of piperazine rings is 1. The lowest BCUT2D eigenvalue weighted by molar-refractivity contribution is 0.102. The van der Waals surface area contributed by atoms with E-state index in [1.54, 1.807) is 31.6 Å². The Labute approximate surface area is 174 Å². The van der Waals surface area contributed by atoms with E-state index in [1.807, 2.05) is 6.07 Å². The molecule has 0 aliphatic carbocycles. The molecule has 1 fully saturated rings. The standard InChI is InChI=1S/C21H25N7O2/c1-12-10-28(11-13(2)25-12)18-6-5-16(19-17(18)9-24-21(27-19)30-4)20(29)26-15-7-22-14(3)23-8-15/h5-9,12-13,25H,10-11H2,1-4H3,(H,26,29). The highest BCUT2D eigenvalue weighted by Crippen LogP contribution is 2.30. The monoisotopic (exact) mass is 407 g/mol. The number of aryl methyl sites for hydroxylation is 1. The van der Waals surface area contributed by atoms with Gasteiger partial charge in [0.2, 0.25) is 0 Å². The molecule has 1 aromatic carbocycles. The fourth-order valence-electron chi connectivity index (χ4n) is 3.83. The average molecular weight is 407 g/mol. The molecule has 3 heterocycles. The molecule has 1 aliphatic heterocycles. The summed E-state index contributed by atoms with van der Waals surface area (Å²) < 4.78 is 5.21. The van der Waals surface area contributed by atoms with E-state index < -0.39 is 0 Å². The number of carbonyl (C=O) groups is 1. The maximum Gasteiger partial charge on any atom is 0.316 e. The summed E-state index contributed by atoms with van der Waals surface area (Å²) in [5.74, 6) is 0.349. The quantitative estimate of drug-likeness (QED) is 0.678. The van der Waals surface area contributed by atoms with E-state index in [0.717, 1.165) is 24.2 Å².